The van der Waals surface area contributed by atoms with Crippen LogP contribution in [0.4, 0.5) is 0 Å². The Morgan fingerprint density at radius 2 is 1.84 bits per heavy atom. The Morgan fingerprint density at radius 3 is 2.52 bits per heavy atom. The van der Waals surface area contributed by atoms with Gasteiger partial charge in [-0.3, -0.25) is 10.00 Å². The molecule has 1 aromatic carbocycles. The lowest BCUT2D eigenvalue weighted by Gasteiger charge is -2.27. The Labute approximate surface area is 186 Å². The van der Waals surface area contributed by atoms with E-state index < -0.39 is 6.10 Å². The maximum absolute atomic E-state index is 10.5. The minimum atomic E-state index is -0.515. The molecule has 31 heavy (non-hydrogen) atoms. The zero-order valence-corrected chi connectivity index (χ0v) is 19.3. The maximum atomic E-state index is 10.5. The highest BCUT2D eigenvalue weighted by Gasteiger charge is 2.15. The first kappa shape index (κ1) is 23.6. The molecule has 1 aliphatic rings. The van der Waals surface area contributed by atoms with Crippen LogP contribution in [-0.4, -0.2) is 71.6 Å². The van der Waals surface area contributed by atoms with Crippen LogP contribution in [0.5, 0.6) is 11.5 Å². The topological polar surface area (TPSA) is 73.8 Å². The number of H-pyrrole nitrogens is 1. The molecule has 3 rings (SSSR count). The monoisotopic (exact) mass is 430 g/mol. The second-order valence-corrected chi connectivity index (χ2v) is 8.73. The standard InChI is InChI=1S/C24H38N4O3/c1-19-13-21(26-25-19)16-27(2)15-20-9-10-23(30-3)24(14-20)31-18-22(29)17-28-11-7-5-4-6-8-12-28/h9-10,13-14,22,29H,4-8,11-12,15-18H2,1-3H3,(H,25,26). The molecule has 0 bridgehead atoms. The first-order chi connectivity index (χ1) is 15.0. The van der Waals surface area contributed by atoms with E-state index in [2.05, 4.69) is 39.2 Å². The van der Waals surface area contributed by atoms with E-state index in [0.717, 1.165) is 43.1 Å². The number of aliphatic hydroxyl groups excluding tert-OH is 1. The summed E-state index contributed by atoms with van der Waals surface area (Å²) in [4.78, 5) is 4.57. The summed E-state index contributed by atoms with van der Waals surface area (Å²) < 4.78 is 11.5. The van der Waals surface area contributed by atoms with E-state index in [1.54, 1.807) is 7.11 Å². The highest BCUT2D eigenvalue weighted by atomic mass is 16.5. The molecule has 7 heteroatoms. The normalized spacial score (nSPS) is 16.7. The lowest BCUT2D eigenvalue weighted by atomic mass is 10.1. The summed E-state index contributed by atoms with van der Waals surface area (Å²) in [6, 6.07) is 8.05. The van der Waals surface area contributed by atoms with Gasteiger partial charge in [-0.2, -0.15) is 5.10 Å². The molecule has 0 aliphatic carbocycles. The van der Waals surface area contributed by atoms with E-state index in [0.29, 0.717) is 18.0 Å². The summed E-state index contributed by atoms with van der Waals surface area (Å²) in [5, 5.41) is 17.8. The number of aromatic amines is 1. The van der Waals surface area contributed by atoms with Gasteiger partial charge in [0, 0.05) is 25.3 Å². The predicted molar refractivity (Wildman–Crippen MR) is 123 cm³/mol. The third kappa shape index (κ3) is 7.83. The van der Waals surface area contributed by atoms with Crippen molar-refractivity contribution in [3.8, 4) is 11.5 Å². The molecule has 1 aliphatic heterocycles. The molecule has 0 amide bonds. The fourth-order valence-electron chi connectivity index (χ4n) is 4.16. The third-order valence-corrected chi connectivity index (χ3v) is 5.72. The van der Waals surface area contributed by atoms with Gasteiger partial charge in [0.05, 0.1) is 12.8 Å². The number of β-amino-alcohol motifs (C(OH)–C–C–N with tert-alkyl or cyclic N) is 1. The van der Waals surface area contributed by atoms with Crippen molar-refractivity contribution in [1.82, 2.24) is 20.0 Å². The van der Waals surface area contributed by atoms with Gasteiger partial charge in [-0.05, 0) is 63.7 Å². The second-order valence-electron chi connectivity index (χ2n) is 8.73. The Hall–Kier alpha value is -2.09. The average molecular weight is 431 g/mol. The molecule has 1 unspecified atom stereocenters. The smallest absolute Gasteiger partial charge is 0.161 e. The molecule has 1 saturated heterocycles. The summed E-state index contributed by atoms with van der Waals surface area (Å²) >= 11 is 0. The van der Waals surface area contributed by atoms with Gasteiger partial charge in [0.25, 0.3) is 0 Å². The largest absolute Gasteiger partial charge is 0.493 e. The van der Waals surface area contributed by atoms with Crippen molar-refractivity contribution in [2.24, 2.45) is 0 Å². The number of nitrogens with one attached hydrogen (secondary N) is 1. The second kappa shape index (κ2) is 12.1. The van der Waals surface area contributed by atoms with Gasteiger partial charge in [-0.1, -0.05) is 25.3 Å². The highest BCUT2D eigenvalue weighted by molar-refractivity contribution is 5.43. The number of hydrogen-bond acceptors (Lipinski definition) is 6. The van der Waals surface area contributed by atoms with Gasteiger partial charge in [0.15, 0.2) is 11.5 Å². The molecule has 1 atom stereocenters. The summed E-state index contributed by atoms with van der Waals surface area (Å²) in [5.41, 5.74) is 3.22. The predicted octanol–water partition coefficient (Wildman–Crippen LogP) is 3.36. The Balaban J connectivity index is 1.53. The number of ether oxygens (including phenoxy) is 2. The number of aryl methyl sites for hydroxylation is 1. The number of rotatable bonds is 10. The first-order valence-corrected chi connectivity index (χ1v) is 11.4. The van der Waals surface area contributed by atoms with E-state index >= 15 is 0 Å². The fraction of sp³-hybridized carbons (Fsp3) is 0.625. The minimum Gasteiger partial charge on any atom is -0.493 e. The van der Waals surface area contributed by atoms with Crippen molar-refractivity contribution in [2.75, 3.05) is 40.4 Å². The van der Waals surface area contributed by atoms with Gasteiger partial charge in [0.1, 0.15) is 12.7 Å². The van der Waals surface area contributed by atoms with Crippen LogP contribution in [0.2, 0.25) is 0 Å². The number of methoxy groups -OCH3 is 1. The Bertz CT molecular complexity index is 787. The maximum Gasteiger partial charge on any atom is 0.161 e. The summed E-state index contributed by atoms with van der Waals surface area (Å²) in [5.74, 6) is 1.36. The van der Waals surface area contributed by atoms with E-state index in [-0.39, 0.29) is 6.61 Å². The van der Waals surface area contributed by atoms with Crippen LogP contribution in [0.25, 0.3) is 0 Å². The van der Waals surface area contributed by atoms with Crippen LogP contribution in [0, 0.1) is 6.92 Å². The average Bonchev–Trinajstić information content (AvgIpc) is 3.13. The molecule has 2 heterocycles. The van der Waals surface area contributed by atoms with Gasteiger partial charge in [0.2, 0.25) is 0 Å². The van der Waals surface area contributed by atoms with Crippen molar-refractivity contribution >= 4 is 0 Å². The van der Waals surface area contributed by atoms with Crippen molar-refractivity contribution in [3.63, 3.8) is 0 Å². The van der Waals surface area contributed by atoms with Gasteiger partial charge < -0.3 is 19.5 Å². The zero-order chi connectivity index (χ0) is 22.1. The molecule has 0 saturated carbocycles. The summed E-state index contributed by atoms with van der Waals surface area (Å²) in [7, 11) is 3.71. The van der Waals surface area contributed by atoms with Crippen LogP contribution in [-0.2, 0) is 13.1 Å². The van der Waals surface area contributed by atoms with Crippen LogP contribution >= 0.6 is 0 Å². The van der Waals surface area contributed by atoms with E-state index in [1.165, 1.54) is 32.1 Å². The molecule has 172 valence electrons. The van der Waals surface area contributed by atoms with Crippen LogP contribution < -0.4 is 9.47 Å². The molecule has 1 aromatic heterocycles. The number of likely N-dealkylation sites (tertiary alicyclic amines) is 1. The van der Waals surface area contributed by atoms with Crippen LogP contribution in [0.15, 0.2) is 24.3 Å². The SMILES string of the molecule is COc1ccc(CN(C)Cc2cc(C)[nH]n2)cc1OCC(O)CN1CCCCCCC1. The number of aliphatic hydroxyl groups is 1. The molecular weight excluding hydrogens is 392 g/mol. The van der Waals surface area contributed by atoms with E-state index in [9.17, 15) is 5.11 Å². The number of hydrogen-bond donors (Lipinski definition) is 2. The zero-order valence-electron chi connectivity index (χ0n) is 19.3. The Kier molecular flexibility index (Phi) is 9.18. The van der Waals surface area contributed by atoms with Crippen molar-refractivity contribution in [1.29, 1.82) is 0 Å². The highest BCUT2D eigenvalue weighted by Crippen LogP contribution is 2.29. The van der Waals surface area contributed by atoms with Crippen molar-refractivity contribution < 1.29 is 14.6 Å². The van der Waals surface area contributed by atoms with Gasteiger partial charge in [-0.25, -0.2) is 0 Å². The van der Waals surface area contributed by atoms with Crippen molar-refractivity contribution in [3.05, 3.63) is 41.2 Å². The third-order valence-electron chi connectivity index (χ3n) is 5.72. The number of aromatic nitrogens is 2. The molecule has 2 aromatic rings. The van der Waals surface area contributed by atoms with E-state index in [1.807, 2.05) is 19.1 Å². The lowest BCUT2D eigenvalue weighted by molar-refractivity contribution is 0.0644. The number of nitrogens with zero attached hydrogens (tertiary/aromatic N) is 3. The fourth-order valence-corrected chi connectivity index (χ4v) is 4.16. The molecule has 0 spiro atoms. The quantitative estimate of drug-likeness (QED) is 0.602. The minimum absolute atomic E-state index is 0.263. The summed E-state index contributed by atoms with van der Waals surface area (Å²) in [6.07, 6.45) is 5.84. The van der Waals surface area contributed by atoms with Crippen molar-refractivity contribution in [2.45, 2.75) is 58.2 Å². The Morgan fingerprint density at radius 1 is 1.10 bits per heavy atom. The molecule has 2 N–H and O–H groups in total. The van der Waals surface area contributed by atoms with Crippen LogP contribution in [0.1, 0.15) is 49.1 Å². The number of benzene rings is 1. The molecule has 0 radical (unpaired) electrons. The van der Waals surface area contributed by atoms with Crippen LogP contribution in [0.3, 0.4) is 0 Å². The molecular formula is C24H38N4O3. The summed E-state index contributed by atoms with van der Waals surface area (Å²) in [6.45, 7) is 6.60. The lowest BCUT2D eigenvalue weighted by Crippen LogP contribution is -2.37. The van der Waals surface area contributed by atoms with Gasteiger partial charge in [-0.15, -0.1) is 0 Å². The first-order valence-electron chi connectivity index (χ1n) is 11.4. The molecule has 1 fully saturated rings. The molecule has 7 nitrogen and oxygen atoms in total. The van der Waals surface area contributed by atoms with Gasteiger partial charge >= 0.3 is 0 Å². The van der Waals surface area contributed by atoms with E-state index in [4.69, 9.17) is 9.47 Å².